The van der Waals surface area contributed by atoms with Crippen molar-refractivity contribution in [2.75, 3.05) is 41.9 Å². The number of rotatable bonds is 8. The molecule has 1 aliphatic heterocycles. The molecule has 3 heterocycles. The van der Waals surface area contributed by atoms with Crippen LogP contribution in [0.15, 0.2) is 70.2 Å². The number of hydrogen-bond donors (Lipinski definition) is 2. The van der Waals surface area contributed by atoms with Crippen LogP contribution >= 0.6 is 0 Å². The predicted molar refractivity (Wildman–Crippen MR) is 139 cm³/mol. The Labute approximate surface area is 212 Å². The maximum Gasteiger partial charge on any atom is 0.269 e. The van der Waals surface area contributed by atoms with Gasteiger partial charge in [0.25, 0.3) is 5.69 Å². The normalized spacial score (nSPS) is 13.6. The predicted octanol–water partition coefficient (Wildman–Crippen LogP) is 4.37. The molecule has 0 unspecified atom stereocenters. The minimum Gasteiger partial charge on any atom is -0.455 e. The number of aromatic nitrogens is 3. The van der Waals surface area contributed by atoms with Gasteiger partial charge in [-0.15, -0.1) is 0 Å². The molecule has 1 aliphatic rings. The third-order valence-corrected chi connectivity index (χ3v) is 5.57. The molecule has 0 saturated carbocycles. The summed E-state index contributed by atoms with van der Waals surface area (Å²) in [6.45, 7) is 4.58. The van der Waals surface area contributed by atoms with E-state index in [0.29, 0.717) is 49.7 Å². The number of nitro benzene ring substituents is 1. The largest absolute Gasteiger partial charge is 0.455 e. The smallest absolute Gasteiger partial charge is 0.269 e. The first-order valence-corrected chi connectivity index (χ1v) is 11.6. The fourth-order valence-electron chi connectivity index (χ4n) is 3.62. The summed E-state index contributed by atoms with van der Waals surface area (Å²) in [5, 5.41) is 18.3. The molecule has 0 radical (unpaired) electrons. The van der Waals surface area contributed by atoms with Crippen LogP contribution in [0.25, 0.3) is 11.3 Å². The summed E-state index contributed by atoms with van der Waals surface area (Å²) in [7, 11) is 0. The zero-order valence-electron chi connectivity index (χ0n) is 20.0. The number of benzene rings is 2. The topological polar surface area (TPSA) is 144 Å². The first-order valence-electron chi connectivity index (χ1n) is 11.6. The number of aryl methyl sites for hydroxylation is 1. The summed E-state index contributed by atoms with van der Waals surface area (Å²) in [5.41, 5.74) is 5.60. The van der Waals surface area contributed by atoms with Crippen molar-refractivity contribution in [3.05, 3.63) is 82.1 Å². The van der Waals surface area contributed by atoms with Gasteiger partial charge in [0, 0.05) is 36.5 Å². The van der Waals surface area contributed by atoms with Gasteiger partial charge in [0.1, 0.15) is 11.5 Å². The Kier molecular flexibility index (Phi) is 6.99. The number of morpholine rings is 1. The highest BCUT2D eigenvalue weighted by Gasteiger charge is 2.17. The fraction of sp³-hybridized carbons (Fsp3) is 0.200. The Morgan fingerprint density at radius 3 is 2.43 bits per heavy atom. The third kappa shape index (κ3) is 6.05. The Morgan fingerprint density at radius 2 is 1.70 bits per heavy atom. The number of nitrogens with one attached hydrogen (secondary N) is 2. The molecule has 0 aliphatic carbocycles. The number of hydrogen-bond acceptors (Lipinski definition) is 11. The van der Waals surface area contributed by atoms with Crippen LogP contribution < -0.4 is 15.6 Å². The Balaban J connectivity index is 1.32. The van der Waals surface area contributed by atoms with Crippen molar-refractivity contribution in [1.29, 1.82) is 0 Å². The molecule has 0 spiro atoms. The molecule has 0 bridgehead atoms. The van der Waals surface area contributed by atoms with Gasteiger partial charge in [-0.2, -0.15) is 20.1 Å². The van der Waals surface area contributed by atoms with Gasteiger partial charge in [0.2, 0.25) is 17.8 Å². The van der Waals surface area contributed by atoms with Gasteiger partial charge >= 0.3 is 0 Å². The van der Waals surface area contributed by atoms with Gasteiger partial charge in [-0.1, -0.05) is 17.7 Å². The monoisotopic (exact) mass is 500 g/mol. The van der Waals surface area contributed by atoms with Gasteiger partial charge in [0.05, 0.1) is 24.4 Å². The zero-order chi connectivity index (χ0) is 25.6. The van der Waals surface area contributed by atoms with E-state index < -0.39 is 4.92 Å². The standard InChI is InChI=1S/C25H24N8O4/c1-17-2-6-19(7-3-17)27-23-28-24(30-25(29-23)32-12-14-36-15-13-32)31-26-16-21-10-11-22(37-21)18-4-8-20(9-5-18)33(34)35/h2-11,16H,12-15H2,1H3,(H2,27,28,29,30,31). The molecule has 4 aromatic rings. The van der Waals surface area contributed by atoms with E-state index in [-0.39, 0.29) is 11.6 Å². The molecular formula is C25H24N8O4. The maximum atomic E-state index is 10.9. The lowest BCUT2D eigenvalue weighted by Gasteiger charge is -2.27. The van der Waals surface area contributed by atoms with Gasteiger partial charge in [0.15, 0.2) is 0 Å². The first-order chi connectivity index (χ1) is 18.0. The van der Waals surface area contributed by atoms with Crippen LogP contribution in [-0.2, 0) is 4.74 Å². The second-order valence-corrected chi connectivity index (χ2v) is 8.25. The Morgan fingerprint density at radius 1 is 0.973 bits per heavy atom. The highest BCUT2D eigenvalue weighted by atomic mass is 16.6. The summed E-state index contributed by atoms with van der Waals surface area (Å²) in [4.78, 5) is 26.0. The van der Waals surface area contributed by atoms with E-state index in [4.69, 9.17) is 9.15 Å². The van der Waals surface area contributed by atoms with Crippen LogP contribution in [0.2, 0.25) is 0 Å². The van der Waals surface area contributed by atoms with Gasteiger partial charge in [-0.3, -0.25) is 10.1 Å². The molecule has 2 N–H and O–H groups in total. The Hall–Kier alpha value is -4.84. The quantitative estimate of drug-likeness (QED) is 0.203. The van der Waals surface area contributed by atoms with Gasteiger partial charge in [-0.25, -0.2) is 5.43 Å². The van der Waals surface area contributed by atoms with E-state index in [1.165, 1.54) is 18.3 Å². The molecule has 1 fully saturated rings. The van der Waals surface area contributed by atoms with Crippen LogP contribution in [0.1, 0.15) is 11.3 Å². The average molecular weight is 501 g/mol. The van der Waals surface area contributed by atoms with Crippen molar-refractivity contribution in [3.63, 3.8) is 0 Å². The molecule has 37 heavy (non-hydrogen) atoms. The van der Waals surface area contributed by atoms with E-state index in [9.17, 15) is 10.1 Å². The molecule has 5 rings (SSSR count). The summed E-state index contributed by atoms with van der Waals surface area (Å²) >= 11 is 0. The number of furan rings is 1. The lowest BCUT2D eigenvalue weighted by atomic mass is 10.1. The highest BCUT2D eigenvalue weighted by Crippen LogP contribution is 2.24. The van der Waals surface area contributed by atoms with Crippen molar-refractivity contribution in [2.45, 2.75) is 6.92 Å². The van der Waals surface area contributed by atoms with Crippen LogP contribution in [-0.4, -0.2) is 52.4 Å². The van der Waals surface area contributed by atoms with Crippen LogP contribution in [0.4, 0.5) is 29.2 Å². The van der Waals surface area contributed by atoms with E-state index in [2.05, 4.69) is 30.8 Å². The SMILES string of the molecule is Cc1ccc(Nc2nc(NN=Cc3ccc(-c4ccc([N+](=O)[O-])cc4)o3)nc(N3CCOCC3)n2)cc1. The van der Waals surface area contributed by atoms with Crippen molar-refractivity contribution in [2.24, 2.45) is 5.10 Å². The van der Waals surface area contributed by atoms with Crippen molar-refractivity contribution < 1.29 is 14.1 Å². The molecule has 0 atom stereocenters. The van der Waals surface area contributed by atoms with E-state index in [1.54, 1.807) is 24.3 Å². The summed E-state index contributed by atoms with van der Waals surface area (Å²) in [6, 6.07) is 17.6. The number of nitro groups is 1. The van der Waals surface area contributed by atoms with Gasteiger partial charge < -0.3 is 19.4 Å². The second kappa shape index (κ2) is 10.8. The molecular weight excluding hydrogens is 476 g/mol. The molecule has 2 aromatic heterocycles. The second-order valence-electron chi connectivity index (χ2n) is 8.25. The van der Waals surface area contributed by atoms with E-state index in [1.807, 2.05) is 36.1 Å². The number of nitrogens with zero attached hydrogens (tertiary/aromatic N) is 6. The maximum absolute atomic E-state index is 10.9. The number of non-ortho nitro benzene ring substituents is 1. The van der Waals surface area contributed by atoms with Crippen LogP contribution in [0.3, 0.4) is 0 Å². The minimum absolute atomic E-state index is 0.0197. The lowest BCUT2D eigenvalue weighted by Crippen LogP contribution is -2.37. The molecule has 188 valence electrons. The molecule has 1 saturated heterocycles. The summed E-state index contributed by atoms with van der Waals surface area (Å²) in [5.74, 6) is 2.22. The minimum atomic E-state index is -0.441. The number of anilines is 4. The summed E-state index contributed by atoms with van der Waals surface area (Å²) in [6.07, 6.45) is 1.50. The van der Waals surface area contributed by atoms with E-state index >= 15 is 0 Å². The van der Waals surface area contributed by atoms with E-state index in [0.717, 1.165) is 16.8 Å². The lowest BCUT2D eigenvalue weighted by molar-refractivity contribution is -0.384. The average Bonchev–Trinajstić information content (AvgIpc) is 3.39. The Bertz CT molecular complexity index is 1400. The zero-order valence-corrected chi connectivity index (χ0v) is 20.0. The van der Waals surface area contributed by atoms with Crippen molar-refractivity contribution >= 4 is 35.4 Å². The highest BCUT2D eigenvalue weighted by molar-refractivity contribution is 5.78. The third-order valence-electron chi connectivity index (χ3n) is 5.57. The molecule has 12 nitrogen and oxygen atoms in total. The number of ether oxygens (including phenoxy) is 1. The van der Waals surface area contributed by atoms with Crippen LogP contribution in [0.5, 0.6) is 0 Å². The fourth-order valence-corrected chi connectivity index (χ4v) is 3.62. The molecule has 0 amide bonds. The van der Waals surface area contributed by atoms with Crippen LogP contribution in [0, 0.1) is 17.0 Å². The number of hydrazone groups is 1. The molecule has 12 heteroatoms. The van der Waals surface area contributed by atoms with Gasteiger partial charge in [-0.05, 0) is 43.3 Å². The van der Waals surface area contributed by atoms with Crippen molar-refractivity contribution in [1.82, 2.24) is 15.0 Å². The van der Waals surface area contributed by atoms with Crippen molar-refractivity contribution in [3.8, 4) is 11.3 Å². The summed E-state index contributed by atoms with van der Waals surface area (Å²) < 4.78 is 11.2. The molecule has 2 aromatic carbocycles. The first kappa shape index (κ1) is 23.9.